The lowest BCUT2D eigenvalue weighted by atomic mass is 10.2. The van der Waals surface area contributed by atoms with Crippen molar-refractivity contribution < 1.29 is 27.1 Å². The average Bonchev–Trinajstić information content (AvgIpc) is 3.33. The number of amides is 1. The number of carbonyl (C=O) groups is 1. The molecule has 2 N–H and O–H groups in total. The molecule has 10 nitrogen and oxygen atoms in total. The molecule has 1 aromatic carbocycles. The number of fused-ring (bicyclic) bond motifs is 1. The molecular weight excluding hydrogens is 503 g/mol. The Kier molecular flexibility index (Phi) is 6.93. The summed E-state index contributed by atoms with van der Waals surface area (Å²) >= 11 is 0. The first-order valence-electron chi connectivity index (χ1n) is 12.1. The normalized spacial score (nSPS) is 18.6. The van der Waals surface area contributed by atoms with Crippen LogP contribution in [0.4, 0.5) is 36.2 Å². The Labute approximate surface area is 216 Å². The molecular formula is C25H26F3N7O3. The lowest BCUT2D eigenvalue weighted by molar-refractivity contribution is -0.137. The van der Waals surface area contributed by atoms with Crippen LogP contribution >= 0.6 is 0 Å². The van der Waals surface area contributed by atoms with Gasteiger partial charge < -0.3 is 29.6 Å². The van der Waals surface area contributed by atoms with Crippen molar-refractivity contribution in [2.24, 2.45) is 0 Å². The van der Waals surface area contributed by atoms with E-state index in [9.17, 15) is 18.0 Å². The Bertz CT molecular complexity index is 1350. The van der Waals surface area contributed by atoms with Crippen LogP contribution in [0.3, 0.4) is 0 Å². The molecule has 0 unspecified atom stereocenters. The minimum absolute atomic E-state index is 0.0567. The standard InChI is InChI=1S/C25H26F3N7O3/c1-3-15(2)35-14-18(22(36)30-17-6-4-5-7-19(17)35)31-24-33-32-23(38-24)21-20(34-8-10-37-11-9-34)12-16(13-29-21)25(26,27)28/h3-7,12-13,18H,8-11,14H2,1-2H3,(H,30,36)(H,31,33)/b15-3+/t18-/m0/s1. The van der Waals surface area contributed by atoms with Crippen molar-refractivity contribution in [3.8, 4) is 11.6 Å². The van der Waals surface area contributed by atoms with Crippen LogP contribution in [0.1, 0.15) is 19.4 Å². The molecule has 200 valence electrons. The number of benzene rings is 1. The summed E-state index contributed by atoms with van der Waals surface area (Å²) in [7, 11) is 0. The number of para-hydroxylation sites is 2. The maximum atomic E-state index is 13.4. The third-order valence-electron chi connectivity index (χ3n) is 6.45. The maximum absolute atomic E-state index is 13.4. The molecule has 2 aliphatic heterocycles. The van der Waals surface area contributed by atoms with Gasteiger partial charge in [-0.05, 0) is 32.0 Å². The van der Waals surface area contributed by atoms with Crippen molar-refractivity contribution in [3.63, 3.8) is 0 Å². The number of anilines is 4. The predicted octanol–water partition coefficient (Wildman–Crippen LogP) is 4.15. The van der Waals surface area contributed by atoms with Gasteiger partial charge in [-0.1, -0.05) is 23.3 Å². The van der Waals surface area contributed by atoms with E-state index in [1.54, 1.807) is 4.90 Å². The summed E-state index contributed by atoms with van der Waals surface area (Å²) in [4.78, 5) is 20.8. The zero-order valence-electron chi connectivity index (χ0n) is 20.7. The highest BCUT2D eigenvalue weighted by atomic mass is 19.4. The highest BCUT2D eigenvalue weighted by Gasteiger charge is 2.34. The number of allylic oxidation sites excluding steroid dienone is 2. The number of pyridine rings is 1. The molecule has 1 atom stereocenters. The molecule has 1 saturated heterocycles. The second-order valence-electron chi connectivity index (χ2n) is 8.85. The van der Waals surface area contributed by atoms with Crippen LogP contribution in [-0.4, -0.2) is 60.0 Å². The number of hydrogen-bond acceptors (Lipinski definition) is 9. The molecule has 4 heterocycles. The first-order chi connectivity index (χ1) is 18.2. The number of halogens is 3. The quantitative estimate of drug-likeness (QED) is 0.504. The lowest BCUT2D eigenvalue weighted by Crippen LogP contribution is -2.41. The zero-order chi connectivity index (χ0) is 26.9. The molecule has 1 amide bonds. The van der Waals surface area contributed by atoms with Gasteiger partial charge in [0.25, 0.3) is 5.89 Å². The monoisotopic (exact) mass is 529 g/mol. The minimum Gasteiger partial charge on any atom is -0.402 e. The van der Waals surface area contributed by atoms with Crippen LogP contribution in [0.15, 0.2) is 52.7 Å². The van der Waals surface area contributed by atoms with E-state index in [1.807, 2.05) is 49.1 Å². The average molecular weight is 530 g/mol. The number of rotatable bonds is 5. The highest BCUT2D eigenvalue weighted by Crippen LogP contribution is 2.37. The summed E-state index contributed by atoms with van der Waals surface area (Å²) in [6, 6.07) is 7.66. The van der Waals surface area contributed by atoms with Gasteiger partial charge in [-0.3, -0.25) is 4.79 Å². The van der Waals surface area contributed by atoms with Gasteiger partial charge >= 0.3 is 12.2 Å². The Balaban J connectivity index is 1.43. The molecule has 0 saturated carbocycles. The van der Waals surface area contributed by atoms with Gasteiger partial charge in [0, 0.05) is 25.0 Å². The van der Waals surface area contributed by atoms with Crippen LogP contribution in [-0.2, 0) is 15.7 Å². The lowest BCUT2D eigenvalue weighted by Gasteiger charge is -2.30. The van der Waals surface area contributed by atoms with Gasteiger partial charge in [-0.2, -0.15) is 13.2 Å². The minimum atomic E-state index is -4.56. The molecule has 1 fully saturated rings. The Morgan fingerprint density at radius 3 is 2.68 bits per heavy atom. The van der Waals surface area contributed by atoms with Crippen molar-refractivity contribution in [1.82, 2.24) is 15.2 Å². The fourth-order valence-electron chi connectivity index (χ4n) is 4.34. The van der Waals surface area contributed by atoms with Crippen LogP contribution in [0, 0.1) is 0 Å². The van der Waals surface area contributed by atoms with E-state index < -0.39 is 17.8 Å². The number of carbonyl (C=O) groups excluding carboxylic acids is 1. The summed E-state index contributed by atoms with van der Waals surface area (Å²) in [5.41, 5.74) is 1.90. The Hall–Kier alpha value is -4.13. The second-order valence-corrected chi connectivity index (χ2v) is 8.85. The van der Waals surface area contributed by atoms with E-state index >= 15 is 0 Å². The number of morpholine rings is 1. The fraction of sp³-hybridized carbons (Fsp3) is 0.360. The van der Waals surface area contributed by atoms with E-state index in [4.69, 9.17) is 9.15 Å². The fourth-order valence-corrected chi connectivity index (χ4v) is 4.34. The first-order valence-corrected chi connectivity index (χ1v) is 12.1. The summed E-state index contributed by atoms with van der Waals surface area (Å²) in [5, 5.41) is 13.9. The Morgan fingerprint density at radius 1 is 1.18 bits per heavy atom. The molecule has 2 aliphatic rings. The van der Waals surface area contributed by atoms with Crippen molar-refractivity contribution in [2.45, 2.75) is 26.1 Å². The third kappa shape index (κ3) is 5.14. The van der Waals surface area contributed by atoms with Crippen LogP contribution < -0.4 is 20.4 Å². The van der Waals surface area contributed by atoms with E-state index in [-0.39, 0.29) is 35.7 Å². The largest absolute Gasteiger partial charge is 0.417 e. The predicted molar refractivity (Wildman–Crippen MR) is 135 cm³/mol. The Morgan fingerprint density at radius 2 is 1.95 bits per heavy atom. The number of aromatic nitrogens is 3. The van der Waals surface area contributed by atoms with E-state index in [0.29, 0.717) is 32.0 Å². The smallest absolute Gasteiger partial charge is 0.402 e. The van der Waals surface area contributed by atoms with Crippen molar-refractivity contribution >= 4 is 29.0 Å². The number of nitrogens with zero attached hydrogens (tertiary/aromatic N) is 5. The SMILES string of the molecule is C/C=C(\C)N1C[C@H](Nc2nnc(-c3ncc(C(F)(F)F)cc3N3CCOCC3)o2)C(=O)Nc2ccccc21. The molecule has 0 aliphatic carbocycles. The summed E-state index contributed by atoms with van der Waals surface area (Å²) in [5.74, 6) is -0.369. The van der Waals surface area contributed by atoms with Crippen molar-refractivity contribution in [1.29, 1.82) is 0 Å². The van der Waals surface area contributed by atoms with E-state index in [0.717, 1.165) is 23.6 Å². The molecule has 13 heteroatoms. The van der Waals surface area contributed by atoms with Crippen LogP contribution in [0.25, 0.3) is 11.6 Å². The summed E-state index contributed by atoms with van der Waals surface area (Å²) in [6.07, 6.45) is -1.88. The van der Waals surface area contributed by atoms with Gasteiger partial charge in [0.1, 0.15) is 6.04 Å². The molecule has 3 aromatic rings. The second kappa shape index (κ2) is 10.3. The van der Waals surface area contributed by atoms with Gasteiger partial charge in [0.2, 0.25) is 5.91 Å². The topological polar surface area (TPSA) is 109 Å². The number of ether oxygens (including phenoxy) is 1. The first kappa shape index (κ1) is 25.5. The maximum Gasteiger partial charge on any atom is 0.417 e. The van der Waals surface area contributed by atoms with Crippen molar-refractivity contribution in [2.75, 3.05) is 53.3 Å². The van der Waals surface area contributed by atoms with Crippen molar-refractivity contribution in [3.05, 3.63) is 53.9 Å². The van der Waals surface area contributed by atoms with Crippen LogP contribution in [0.2, 0.25) is 0 Å². The van der Waals surface area contributed by atoms with Gasteiger partial charge in [0.05, 0.1) is 42.4 Å². The number of hydrogen-bond donors (Lipinski definition) is 2. The molecule has 38 heavy (non-hydrogen) atoms. The van der Waals surface area contributed by atoms with Gasteiger partial charge in [-0.15, -0.1) is 5.10 Å². The molecule has 5 rings (SSSR count). The van der Waals surface area contributed by atoms with Gasteiger partial charge in [0.15, 0.2) is 5.69 Å². The number of nitrogens with one attached hydrogen (secondary N) is 2. The van der Waals surface area contributed by atoms with Gasteiger partial charge in [-0.25, -0.2) is 4.98 Å². The molecule has 0 spiro atoms. The summed E-state index contributed by atoms with van der Waals surface area (Å²) < 4.78 is 51.4. The molecule has 0 bridgehead atoms. The molecule has 2 aromatic heterocycles. The van der Waals surface area contributed by atoms with E-state index in [1.165, 1.54) is 0 Å². The van der Waals surface area contributed by atoms with Crippen LogP contribution in [0.5, 0.6) is 0 Å². The number of alkyl halides is 3. The van der Waals surface area contributed by atoms with E-state index in [2.05, 4.69) is 25.8 Å². The third-order valence-corrected chi connectivity index (χ3v) is 6.45. The highest BCUT2D eigenvalue weighted by molar-refractivity contribution is 6.01. The molecule has 0 radical (unpaired) electrons. The summed E-state index contributed by atoms with van der Waals surface area (Å²) in [6.45, 7) is 5.64. The zero-order valence-corrected chi connectivity index (χ0v) is 20.7.